The van der Waals surface area contributed by atoms with Crippen molar-refractivity contribution >= 4 is 11.6 Å². The van der Waals surface area contributed by atoms with Gasteiger partial charge in [0.15, 0.2) is 0 Å². The second-order valence-corrected chi connectivity index (χ2v) is 5.92. The second-order valence-electron chi connectivity index (χ2n) is 5.92. The molecular weight excluding hydrogens is 248 g/mol. The molecule has 0 amide bonds. The van der Waals surface area contributed by atoms with E-state index in [-0.39, 0.29) is 0 Å². The first-order valence-corrected chi connectivity index (χ1v) is 8.06. The molecule has 1 aromatic heterocycles. The molecule has 0 saturated heterocycles. The molecule has 1 heterocycles. The van der Waals surface area contributed by atoms with Crippen LogP contribution in [0.5, 0.6) is 0 Å². The number of anilines is 2. The zero-order chi connectivity index (χ0) is 14.4. The third-order valence-corrected chi connectivity index (χ3v) is 3.83. The van der Waals surface area contributed by atoms with Crippen LogP contribution in [-0.2, 0) is 0 Å². The number of aromatic nitrogens is 2. The molecule has 1 unspecified atom stereocenters. The molecule has 0 bridgehead atoms. The number of hydrogen-bond acceptors (Lipinski definition) is 4. The summed E-state index contributed by atoms with van der Waals surface area (Å²) in [6.07, 6.45) is 8.94. The summed E-state index contributed by atoms with van der Waals surface area (Å²) in [4.78, 5) is 9.21. The van der Waals surface area contributed by atoms with Crippen LogP contribution in [0.25, 0.3) is 0 Å². The molecule has 1 atom stereocenters. The fraction of sp³-hybridized carbons (Fsp3) is 0.750. The largest absolute Gasteiger partial charge is 0.373 e. The van der Waals surface area contributed by atoms with Gasteiger partial charge in [-0.2, -0.15) is 0 Å². The molecule has 1 aliphatic carbocycles. The third-order valence-electron chi connectivity index (χ3n) is 3.83. The molecule has 1 aliphatic rings. The summed E-state index contributed by atoms with van der Waals surface area (Å²) in [5.74, 6) is 3.47. The van der Waals surface area contributed by atoms with Gasteiger partial charge in [-0.25, -0.2) is 9.97 Å². The minimum Gasteiger partial charge on any atom is -0.373 e. The SMILES string of the molecule is CCCCCCC(C)Nc1cc(NC)nc(C2CC2)n1. The molecule has 0 aliphatic heterocycles. The van der Waals surface area contributed by atoms with Crippen LogP contribution in [0.2, 0.25) is 0 Å². The van der Waals surface area contributed by atoms with Crippen LogP contribution in [0.1, 0.15) is 70.5 Å². The summed E-state index contributed by atoms with van der Waals surface area (Å²) in [6, 6.07) is 2.48. The Hall–Kier alpha value is -1.32. The number of nitrogens with zero attached hydrogens (tertiary/aromatic N) is 2. The van der Waals surface area contributed by atoms with E-state index in [4.69, 9.17) is 0 Å². The number of unbranched alkanes of at least 4 members (excludes halogenated alkanes) is 3. The van der Waals surface area contributed by atoms with Gasteiger partial charge in [0.05, 0.1) is 0 Å². The highest BCUT2D eigenvalue weighted by Crippen LogP contribution is 2.38. The molecule has 20 heavy (non-hydrogen) atoms. The summed E-state index contributed by atoms with van der Waals surface area (Å²) in [5.41, 5.74) is 0. The first-order chi connectivity index (χ1) is 9.72. The van der Waals surface area contributed by atoms with Crippen molar-refractivity contribution < 1.29 is 0 Å². The highest BCUT2D eigenvalue weighted by atomic mass is 15.1. The summed E-state index contributed by atoms with van der Waals surface area (Å²) in [5, 5.41) is 6.66. The monoisotopic (exact) mass is 276 g/mol. The quantitative estimate of drug-likeness (QED) is 0.665. The van der Waals surface area contributed by atoms with Crippen LogP contribution in [0.4, 0.5) is 11.6 Å². The molecule has 2 N–H and O–H groups in total. The highest BCUT2D eigenvalue weighted by Gasteiger charge is 2.27. The molecule has 112 valence electrons. The Balaban J connectivity index is 1.88. The second kappa shape index (κ2) is 7.46. The van der Waals surface area contributed by atoms with Crippen molar-refractivity contribution in [2.75, 3.05) is 17.7 Å². The number of rotatable bonds is 9. The van der Waals surface area contributed by atoms with Gasteiger partial charge >= 0.3 is 0 Å². The van der Waals surface area contributed by atoms with E-state index in [9.17, 15) is 0 Å². The van der Waals surface area contributed by atoms with E-state index in [1.54, 1.807) is 0 Å². The van der Waals surface area contributed by atoms with Crippen LogP contribution in [0.3, 0.4) is 0 Å². The smallest absolute Gasteiger partial charge is 0.136 e. The Morgan fingerprint density at radius 1 is 1.20 bits per heavy atom. The van der Waals surface area contributed by atoms with Gasteiger partial charge in [-0.3, -0.25) is 0 Å². The summed E-state index contributed by atoms with van der Waals surface area (Å²) in [6.45, 7) is 4.49. The molecule has 0 radical (unpaired) electrons. The van der Waals surface area contributed by atoms with Crippen molar-refractivity contribution in [3.05, 3.63) is 11.9 Å². The summed E-state index contributed by atoms with van der Waals surface area (Å²) in [7, 11) is 1.91. The van der Waals surface area contributed by atoms with Gasteiger partial charge in [-0.1, -0.05) is 32.6 Å². The summed E-state index contributed by atoms with van der Waals surface area (Å²) >= 11 is 0. The Kier molecular flexibility index (Phi) is 5.62. The normalized spacial score (nSPS) is 15.9. The molecule has 4 nitrogen and oxygen atoms in total. The maximum Gasteiger partial charge on any atom is 0.136 e. The maximum absolute atomic E-state index is 4.67. The fourth-order valence-corrected chi connectivity index (χ4v) is 2.39. The van der Waals surface area contributed by atoms with E-state index in [0.717, 1.165) is 17.5 Å². The molecule has 0 aromatic carbocycles. The molecule has 1 aromatic rings. The highest BCUT2D eigenvalue weighted by molar-refractivity contribution is 5.48. The van der Waals surface area contributed by atoms with Crippen LogP contribution in [0, 0.1) is 0 Å². The average molecular weight is 276 g/mol. The Labute approximate surface area is 122 Å². The van der Waals surface area contributed by atoms with Crippen LogP contribution < -0.4 is 10.6 Å². The topological polar surface area (TPSA) is 49.8 Å². The van der Waals surface area contributed by atoms with Gasteiger partial charge in [0.1, 0.15) is 17.5 Å². The van der Waals surface area contributed by atoms with Crippen molar-refractivity contribution in [2.45, 2.75) is 70.8 Å². The lowest BCUT2D eigenvalue weighted by atomic mass is 10.1. The number of hydrogen-bond donors (Lipinski definition) is 2. The Morgan fingerprint density at radius 2 is 1.95 bits per heavy atom. The van der Waals surface area contributed by atoms with Crippen molar-refractivity contribution in [1.29, 1.82) is 0 Å². The average Bonchev–Trinajstić information content (AvgIpc) is 3.28. The summed E-state index contributed by atoms with van der Waals surface area (Å²) < 4.78 is 0. The predicted molar refractivity (Wildman–Crippen MR) is 85.4 cm³/mol. The predicted octanol–water partition coefficient (Wildman–Crippen LogP) is 4.17. The maximum atomic E-state index is 4.67. The van der Waals surface area contributed by atoms with E-state index >= 15 is 0 Å². The minimum atomic E-state index is 0.471. The van der Waals surface area contributed by atoms with E-state index in [1.807, 2.05) is 13.1 Å². The van der Waals surface area contributed by atoms with Gasteiger partial charge in [-0.15, -0.1) is 0 Å². The van der Waals surface area contributed by atoms with Gasteiger partial charge in [-0.05, 0) is 26.2 Å². The lowest BCUT2D eigenvalue weighted by Crippen LogP contribution is -2.17. The van der Waals surface area contributed by atoms with Crippen molar-refractivity contribution in [1.82, 2.24) is 9.97 Å². The first kappa shape index (κ1) is 15.1. The van der Waals surface area contributed by atoms with Crippen LogP contribution in [-0.4, -0.2) is 23.1 Å². The molecule has 1 fully saturated rings. The minimum absolute atomic E-state index is 0.471. The standard InChI is InChI=1S/C16H28N4/c1-4-5-6-7-8-12(2)18-15-11-14(17-3)19-16(20-15)13-9-10-13/h11-13H,4-10H2,1-3H3,(H2,17,18,19,20). The van der Waals surface area contributed by atoms with Gasteiger partial charge in [0, 0.05) is 25.1 Å². The van der Waals surface area contributed by atoms with Gasteiger partial charge < -0.3 is 10.6 Å². The van der Waals surface area contributed by atoms with Crippen LogP contribution >= 0.6 is 0 Å². The van der Waals surface area contributed by atoms with Crippen molar-refractivity contribution in [3.63, 3.8) is 0 Å². The van der Waals surface area contributed by atoms with Gasteiger partial charge in [0.25, 0.3) is 0 Å². The van der Waals surface area contributed by atoms with E-state index in [1.165, 1.54) is 44.9 Å². The molecule has 0 spiro atoms. The third kappa shape index (κ3) is 4.66. The molecule has 4 heteroatoms. The van der Waals surface area contributed by atoms with Crippen LogP contribution in [0.15, 0.2) is 6.07 Å². The Morgan fingerprint density at radius 3 is 2.60 bits per heavy atom. The number of nitrogens with one attached hydrogen (secondary N) is 2. The lowest BCUT2D eigenvalue weighted by molar-refractivity contribution is 0.592. The zero-order valence-electron chi connectivity index (χ0n) is 13.1. The first-order valence-electron chi connectivity index (χ1n) is 8.06. The van der Waals surface area contributed by atoms with Gasteiger partial charge in [0.2, 0.25) is 0 Å². The fourth-order valence-electron chi connectivity index (χ4n) is 2.39. The molecular formula is C16H28N4. The van der Waals surface area contributed by atoms with E-state index < -0.39 is 0 Å². The molecule has 2 rings (SSSR count). The van der Waals surface area contributed by atoms with E-state index in [0.29, 0.717) is 12.0 Å². The Bertz CT molecular complexity index is 415. The zero-order valence-corrected chi connectivity index (χ0v) is 13.1. The van der Waals surface area contributed by atoms with Crippen molar-refractivity contribution in [3.8, 4) is 0 Å². The molecule has 1 saturated carbocycles. The van der Waals surface area contributed by atoms with E-state index in [2.05, 4.69) is 34.4 Å². The lowest BCUT2D eigenvalue weighted by Gasteiger charge is -2.15. The van der Waals surface area contributed by atoms with Crippen molar-refractivity contribution in [2.24, 2.45) is 0 Å².